The van der Waals surface area contributed by atoms with Crippen LogP contribution in [0, 0.1) is 0 Å². The maximum Gasteiger partial charge on any atom is 0.305 e. The summed E-state index contributed by atoms with van der Waals surface area (Å²) in [5.74, 6) is -0.114. The Morgan fingerprint density at radius 2 is 0.746 bits per heavy atom. The number of carbonyl (C=O) groups excluding carboxylic acids is 2. The highest BCUT2D eigenvalue weighted by atomic mass is 16.5. The van der Waals surface area contributed by atoms with Gasteiger partial charge in [-0.2, -0.15) is 0 Å². The smallest absolute Gasteiger partial charge is 0.305 e. The van der Waals surface area contributed by atoms with Gasteiger partial charge in [-0.15, -0.1) is 0 Å². The van der Waals surface area contributed by atoms with Crippen LogP contribution in [-0.2, 0) is 14.3 Å². The molecule has 0 fully saturated rings. The second-order valence-corrected chi connectivity index (χ2v) is 20.0. The predicted octanol–water partition coefficient (Wildman–Crippen LogP) is 18.2. The Bertz CT molecular complexity index is 1130. The van der Waals surface area contributed by atoms with Gasteiger partial charge < -0.3 is 20.3 Å². The summed E-state index contributed by atoms with van der Waals surface area (Å²) in [6, 6.07) is -0.631. The lowest BCUT2D eigenvalue weighted by Gasteiger charge is -2.20. The lowest BCUT2D eigenvalue weighted by Crippen LogP contribution is -2.45. The molecular weight excluding hydrogens is 827 g/mol. The number of rotatable bonds is 54. The van der Waals surface area contributed by atoms with E-state index in [-0.39, 0.29) is 18.5 Å². The van der Waals surface area contributed by atoms with Gasteiger partial charge in [-0.25, -0.2) is 0 Å². The van der Waals surface area contributed by atoms with Gasteiger partial charge in [0.05, 0.1) is 25.4 Å². The molecule has 2 atom stereocenters. The molecule has 0 aliphatic heterocycles. The predicted molar refractivity (Wildman–Crippen MR) is 292 cm³/mol. The van der Waals surface area contributed by atoms with E-state index in [1.807, 2.05) is 6.08 Å². The van der Waals surface area contributed by atoms with Crippen molar-refractivity contribution in [2.24, 2.45) is 0 Å². The van der Waals surface area contributed by atoms with E-state index in [2.05, 4.69) is 55.6 Å². The van der Waals surface area contributed by atoms with Crippen molar-refractivity contribution in [2.75, 3.05) is 13.2 Å². The van der Waals surface area contributed by atoms with Crippen molar-refractivity contribution >= 4 is 11.9 Å². The topological polar surface area (TPSA) is 95.9 Å². The van der Waals surface area contributed by atoms with Crippen molar-refractivity contribution in [1.82, 2.24) is 5.32 Å². The van der Waals surface area contributed by atoms with Crippen LogP contribution in [0.5, 0.6) is 0 Å². The molecule has 0 saturated carbocycles. The van der Waals surface area contributed by atoms with Crippen molar-refractivity contribution in [1.29, 1.82) is 0 Å². The summed E-state index contributed by atoms with van der Waals surface area (Å²) in [6.07, 6.45) is 71.5. The molecule has 0 aromatic rings. The van der Waals surface area contributed by atoms with Crippen LogP contribution in [0.15, 0.2) is 48.6 Å². The number of aliphatic hydroxyl groups excluding tert-OH is 2. The third-order valence-electron chi connectivity index (χ3n) is 13.3. The molecular formula is C61H113NO5. The second kappa shape index (κ2) is 56.4. The van der Waals surface area contributed by atoms with Crippen LogP contribution in [0.3, 0.4) is 0 Å². The molecule has 0 saturated heterocycles. The van der Waals surface area contributed by atoms with Crippen molar-refractivity contribution in [3.05, 3.63) is 48.6 Å². The summed E-state index contributed by atoms with van der Waals surface area (Å²) < 4.78 is 5.42. The van der Waals surface area contributed by atoms with Crippen molar-refractivity contribution < 1.29 is 24.5 Å². The molecule has 67 heavy (non-hydrogen) atoms. The molecule has 0 aromatic heterocycles. The molecule has 0 bridgehead atoms. The molecule has 0 aliphatic carbocycles. The van der Waals surface area contributed by atoms with Crippen LogP contribution < -0.4 is 5.32 Å². The van der Waals surface area contributed by atoms with Crippen molar-refractivity contribution in [2.45, 2.75) is 315 Å². The first-order chi connectivity index (χ1) is 33.0. The first kappa shape index (κ1) is 64.8. The fraction of sp³-hybridized carbons (Fsp3) is 0.836. The Hall–Kier alpha value is -2.18. The van der Waals surface area contributed by atoms with Gasteiger partial charge in [-0.3, -0.25) is 9.59 Å². The molecule has 6 heteroatoms. The maximum absolute atomic E-state index is 12.4. The van der Waals surface area contributed by atoms with Crippen LogP contribution in [0.2, 0.25) is 0 Å². The molecule has 0 heterocycles. The average Bonchev–Trinajstić information content (AvgIpc) is 3.33. The Balaban J connectivity index is 3.46. The first-order valence-electron chi connectivity index (χ1n) is 29.4. The van der Waals surface area contributed by atoms with Gasteiger partial charge in [0, 0.05) is 12.8 Å². The summed E-state index contributed by atoms with van der Waals surface area (Å²) in [4.78, 5) is 24.5. The quantitative estimate of drug-likeness (QED) is 0.0321. The molecule has 0 spiro atoms. The summed E-state index contributed by atoms with van der Waals surface area (Å²) >= 11 is 0. The number of amides is 1. The van der Waals surface area contributed by atoms with E-state index in [1.54, 1.807) is 6.08 Å². The number of unbranched alkanes of at least 4 members (excludes halogenated alkanes) is 37. The standard InChI is InChI=1S/C61H113NO5/c1-3-5-7-9-11-13-15-17-18-24-28-31-35-39-43-47-51-55-61(66)67-56-52-48-44-40-36-32-29-26-23-21-19-20-22-25-27-30-34-38-42-46-50-54-60(65)62-58(57-63)59(64)53-49-45-41-37-33-16-14-12-10-8-6-4-2/h17-18,32,36,44,48-49,53,58-59,63-64H,3-16,19-31,33-35,37-43,45-47,50-52,54-57H2,1-2H3,(H,62,65)/b18-17-,36-32-,48-44-,53-49+. The highest BCUT2D eigenvalue weighted by Crippen LogP contribution is 2.16. The minimum Gasteiger partial charge on any atom is -0.465 e. The molecule has 0 aliphatic rings. The van der Waals surface area contributed by atoms with Gasteiger partial charge in [-0.1, -0.05) is 262 Å². The van der Waals surface area contributed by atoms with Crippen LogP contribution in [0.1, 0.15) is 303 Å². The summed E-state index contributed by atoms with van der Waals surface area (Å²) in [5.41, 5.74) is 0. The summed E-state index contributed by atoms with van der Waals surface area (Å²) in [6.45, 7) is 4.78. The number of hydrogen-bond donors (Lipinski definition) is 3. The molecule has 1 amide bonds. The average molecular weight is 941 g/mol. The minimum absolute atomic E-state index is 0.0397. The normalized spacial score (nSPS) is 13.0. The van der Waals surface area contributed by atoms with Gasteiger partial charge in [0.15, 0.2) is 0 Å². The summed E-state index contributed by atoms with van der Waals surface area (Å²) in [7, 11) is 0. The largest absolute Gasteiger partial charge is 0.465 e. The molecule has 392 valence electrons. The first-order valence-corrected chi connectivity index (χ1v) is 29.4. The Kier molecular flexibility index (Phi) is 54.6. The van der Waals surface area contributed by atoms with E-state index in [0.717, 1.165) is 51.4 Å². The minimum atomic E-state index is -0.847. The summed E-state index contributed by atoms with van der Waals surface area (Å²) in [5, 5.41) is 23.0. The van der Waals surface area contributed by atoms with E-state index in [4.69, 9.17) is 4.74 Å². The van der Waals surface area contributed by atoms with E-state index >= 15 is 0 Å². The monoisotopic (exact) mass is 940 g/mol. The number of nitrogens with one attached hydrogen (secondary N) is 1. The zero-order chi connectivity index (χ0) is 48.6. The number of aliphatic hydroxyl groups is 2. The third kappa shape index (κ3) is 53.0. The van der Waals surface area contributed by atoms with Crippen LogP contribution in [0.4, 0.5) is 0 Å². The lowest BCUT2D eigenvalue weighted by molar-refractivity contribution is -0.143. The van der Waals surface area contributed by atoms with Crippen LogP contribution >= 0.6 is 0 Å². The molecule has 0 radical (unpaired) electrons. The highest BCUT2D eigenvalue weighted by Gasteiger charge is 2.18. The Morgan fingerprint density at radius 1 is 0.418 bits per heavy atom. The fourth-order valence-corrected chi connectivity index (χ4v) is 8.82. The van der Waals surface area contributed by atoms with E-state index < -0.39 is 12.1 Å². The van der Waals surface area contributed by atoms with Gasteiger partial charge in [0.25, 0.3) is 0 Å². The number of allylic oxidation sites excluding steroid dienone is 6. The SMILES string of the molecule is CCCCCCCC/C=C\CCCCCCCCCC(=O)OCC/C=C\C/C=C\CCCCCCCCCCCCCCCCC(=O)NC(CO)C(O)/C=C/CCCCCCCCCCCC. The van der Waals surface area contributed by atoms with Gasteiger partial charge in [-0.05, 0) is 77.0 Å². The van der Waals surface area contributed by atoms with Gasteiger partial charge in [0.1, 0.15) is 0 Å². The Morgan fingerprint density at radius 3 is 1.15 bits per heavy atom. The fourth-order valence-electron chi connectivity index (χ4n) is 8.82. The van der Waals surface area contributed by atoms with Gasteiger partial charge in [0.2, 0.25) is 5.91 Å². The molecule has 0 rings (SSSR count). The number of esters is 1. The molecule has 0 aromatic carbocycles. The third-order valence-corrected chi connectivity index (χ3v) is 13.3. The molecule has 6 nitrogen and oxygen atoms in total. The van der Waals surface area contributed by atoms with E-state index in [9.17, 15) is 19.8 Å². The van der Waals surface area contributed by atoms with E-state index in [1.165, 1.54) is 225 Å². The molecule has 3 N–H and O–H groups in total. The molecule has 2 unspecified atom stereocenters. The number of carbonyl (C=O) groups is 2. The maximum atomic E-state index is 12.4. The van der Waals surface area contributed by atoms with E-state index in [0.29, 0.717) is 19.4 Å². The zero-order valence-corrected chi connectivity index (χ0v) is 44.6. The zero-order valence-electron chi connectivity index (χ0n) is 44.6. The van der Waals surface area contributed by atoms with Gasteiger partial charge >= 0.3 is 5.97 Å². The van der Waals surface area contributed by atoms with Crippen molar-refractivity contribution in [3.8, 4) is 0 Å². The second-order valence-electron chi connectivity index (χ2n) is 20.0. The number of hydrogen-bond acceptors (Lipinski definition) is 5. The van der Waals surface area contributed by atoms with Crippen LogP contribution in [-0.4, -0.2) is 47.4 Å². The Labute approximate surface area is 416 Å². The lowest BCUT2D eigenvalue weighted by atomic mass is 10.0. The van der Waals surface area contributed by atoms with Crippen molar-refractivity contribution in [3.63, 3.8) is 0 Å². The number of ether oxygens (including phenoxy) is 1. The van der Waals surface area contributed by atoms with Crippen LogP contribution in [0.25, 0.3) is 0 Å². The highest BCUT2D eigenvalue weighted by molar-refractivity contribution is 5.76.